The van der Waals surface area contributed by atoms with Crippen molar-refractivity contribution in [3.8, 4) is 5.69 Å². The smallest absolute Gasteiger partial charge is 0.414 e. The highest BCUT2D eigenvalue weighted by Gasteiger charge is 2.27. The number of halogens is 4. The molecule has 2 aromatic rings. The summed E-state index contributed by atoms with van der Waals surface area (Å²) in [6.07, 6.45) is -1.66. The minimum Gasteiger partial charge on any atom is -0.449 e. The molecule has 0 saturated heterocycles. The van der Waals surface area contributed by atoms with Gasteiger partial charge in [-0.2, -0.15) is 18.3 Å². The van der Waals surface area contributed by atoms with Crippen LogP contribution in [0.1, 0.15) is 19.8 Å². The summed E-state index contributed by atoms with van der Waals surface area (Å²) in [5, 5.41) is 4.17. The van der Waals surface area contributed by atoms with Crippen LogP contribution in [0.5, 0.6) is 0 Å². The molecule has 136 valence electrons. The van der Waals surface area contributed by atoms with Gasteiger partial charge in [0.1, 0.15) is 5.69 Å². The van der Waals surface area contributed by atoms with Gasteiger partial charge >= 0.3 is 12.3 Å². The van der Waals surface area contributed by atoms with E-state index < -0.39 is 18.7 Å². The third kappa shape index (κ3) is 5.35. The van der Waals surface area contributed by atoms with E-state index in [1.165, 1.54) is 15.8 Å². The van der Waals surface area contributed by atoms with Crippen LogP contribution in [-0.2, 0) is 4.74 Å². The van der Waals surface area contributed by atoms with Crippen LogP contribution in [-0.4, -0.2) is 40.2 Å². The molecule has 0 fully saturated rings. The van der Waals surface area contributed by atoms with Gasteiger partial charge in [-0.3, -0.25) is 9.88 Å². The van der Waals surface area contributed by atoms with E-state index in [-0.39, 0.29) is 24.7 Å². The van der Waals surface area contributed by atoms with Gasteiger partial charge in [0.25, 0.3) is 0 Å². The average molecular weight is 377 g/mol. The maximum atomic E-state index is 12.1. The molecule has 25 heavy (non-hydrogen) atoms. The van der Waals surface area contributed by atoms with Crippen molar-refractivity contribution in [3.05, 3.63) is 35.9 Å². The lowest BCUT2D eigenvalue weighted by atomic mass is 10.3. The second-order valence-corrected chi connectivity index (χ2v) is 5.40. The summed E-state index contributed by atoms with van der Waals surface area (Å²) in [7, 11) is 0. The van der Waals surface area contributed by atoms with E-state index in [1.54, 1.807) is 31.5 Å². The molecule has 0 aromatic carbocycles. The molecule has 0 aliphatic rings. The maximum absolute atomic E-state index is 12.1. The Kier molecular flexibility index (Phi) is 6.24. The lowest BCUT2D eigenvalue weighted by molar-refractivity contribution is -0.137. The fourth-order valence-electron chi connectivity index (χ4n) is 2.05. The predicted molar refractivity (Wildman–Crippen MR) is 86.0 cm³/mol. The molecule has 0 aliphatic heterocycles. The second kappa shape index (κ2) is 8.19. The summed E-state index contributed by atoms with van der Waals surface area (Å²) in [5.41, 5.74) is 0.944. The van der Waals surface area contributed by atoms with Crippen LogP contribution in [0.25, 0.3) is 5.69 Å². The number of hydrogen-bond acceptors (Lipinski definition) is 4. The number of anilines is 1. The second-order valence-electron chi connectivity index (χ2n) is 5.04. The molecule has 0 N–H and O–H groups in total. The van der Waals surface area contributed by atoms with Gasteiger partial charge < -0.3 is 4.74 Å². The van der Waals surface area contributed by atoms with Gasteiger partial charge in [-0.05, 0) is 25.5 Å². The third-order valence-corrected chi connectivity index (χ3v) is 3.49. The summed E-state index contributed by atoms with van der Waals surface area (Å²) in [4.78, 5) is 17.3. The summed E-state index contributed by atoms with van der Waals surface area (Å²) in [6.45, 7) is 1.58. The Labute approximate surface area is 147 Å². The highest BCUT2D eigenvalue weighted by molar-refractivity contribution is 6.32. The van der Waals surface area contributed by atoms with E-state index in [4.69, 9.17) is 16.3 Å². The van der Waals surface area contributed by atoms with Crippen molar-refractivity contribution in [1.29, 1.82) is 0 Å². The lowest BCUT2D eigenvalue weighted by Gasteiger charge is -2.19. The maximum Gasteiger partial charge on any atom is 0.414 e. The molecule has 0 radical (unpaired) electrons. The number of nitrogens with zero attached hydrogens (tertiary/aromatic N) is 4. The highest BCUT2D eigenvalue weighted by Crippen LogP contribution is 2.26. The van der Waals surface area contributed by atoms with Crippen LogP contribution in [0, 0.1) is 0 Å². The zero-order valence-electron chi connectivity index (χ0n) is 13.3. The van der Waals surface area contributed by atoms with Crippen LogP contribution in [0.4, 0.5) is 23.7 Å². The highest BCUT2D eigenvalue weighted by atomic mass is 35.5. The van der Waals surface area contributed by atoms with E-state index in [0.29, 0.717) is 11.4 Å². The Hall–Kier alpha value is -2.29. The Balaban J connectivity index is 2.05. The van der Waals surface area contributed by atoms with Crippen molar-refractivity contribution in [2.24, 2.45) is 0 Å². The minimum atomic E-state index is -4.27. The molecule has 1 amide bonds. The number of ether oxygens (including phenoxy) is 1. The van der Waals surface area contributed by atoms with Crippen molar-refractivity contribution < 1.29 is 22.7 Å². The molecule has 0 atom stereocenters. The molecule has 0 bridgehead atoms. The van der Waals surface area contributed by atoms with Gasteiger partial charge in [-0.15, -0.1) is 0 Å². The van der Waals surface area contributed by atoms with Crippen molar-refractivity contribution in [2.45, 2.75) is 25.9 Å². The van der Waals surface area contributed by atoms with E-state index in [9.17, 15) is 18.0 Å². The topological polar surface area (TPSA) is 60.2 Å². The standard InChI is InChI=1S/C15H16ClF3N4O2/c1-2-22(14(24)25-8-4-6-15(17,18)19)12-10-23(21-13(12)16)11-5-3-7-20-9-11/h3,5,7,9-10H,2,4,6,8H2,1H3. The van der Waals surface area contributed by atoms with Crippen molar-refractivity contribution in [1.82, 2.24) is 14.8 Å². The Morgan fingerprint density at radius 3 is 2.80 bits per heavy atom. The number of hydrogen-bond donors (Lipinski definition) is 0. The molecule has 0 spiro atoms. The first-order valence-electron chi connectivity index (χ1n) is 7.48. The van der Waals surface area contributed by atoms with Crippen molar-refractivity contribution in [3.63, 3.8) is 0 Å². The quantitative estimate of drug-likeness (QED) is 0.708. The van der Waals surface area contributed by atoms with Gasteiger partial charge in [0, 0.05) is 19.2 Å². The first-order chi connectivity index (χ1) is 11.8. The zero-order chi connectivity index (χ0) is 18.4. The Morgan fingerprint density at radius 1 is 1.44 bits per heavy atom. The van der Waals surface area contributed by atoms with E-state index >= 15 is 0 Å². The van der Waals surface area contributed by atoms with Gasteiger partial charge in [0.2, 0.25) is 0 Å². The first-order valence-corrected chi connectivity index (χ1v) is 7.86. The summed E-state index contributed by atoms with van der Waals surface area (Å²) in [6, 6.07) is 3.48. The first kappa shape index (κ1) is 19.0. The minimum absolute atomic E-state index is 0.0675. The molecule has 0 saturated carbocycles. The fourth-order valence-corrected chi connectivity index (χ4v) is 2.29. The van der Waals surface area contributed by atoms with Crippen molar-refractivity contribution >= 4 is 23.4 Å². The van der Waals surface area contributed by atoms with Crippen molar-refractivity contribution in [2.75, 3.05) is 18.1 Å². The monoisotopic (exact) mass is 376 g/mol. The molecule has 0 unspecified atom stereocenters. The Bertz CT molecular complexity index is 707. The molecular formula is C15H16ClF3N4O2. The fraction of sp³-hybridized carbons (Fsp3) is 0.400. The molecule has 0 aliphatic carbocycles. The molecule has 6 nitrogen and oxygen atoms in total. The lowest BCUT2D eigenvalue weighted by Crippen LogP contribution is -2.31. The molecule has 2 heterocycles. The molecule has 2 aromatic heterocycles. The van der Waals surface area contributed by atoms with Gasteiger partial charge in [-0.25, -0.2) is 9.48 Å². The van der Waals surface area contributed by atoms with E-state index in [0.717, 1.165) is 0 Å². The number of amides is 1. The van der Waals surface area contributed by atoms with Gasteiger partial charge in [0.15, 0.2) is 5.15 Å². The molecule has 10 heteroatoms. The van der Waals surface area contributed by atoms with Crippen LogP contribution in [0.3, 0.4) is 0 Å². The number of aromatic nitrogens is 3. The number of pyridine rings is 1. The van der Waals surface area contributed by atoms with E-state index in [1.807, 2.05) is 0 Å². The van der Waals surface area contributed by atoms with Crippen LogP contribution in [0.15, 0.2) is 30.7 Å². The Morgan fingerprint density at radius 2 is 2.20 bits per heavy atom. The summed E-state index contributed by atoms with van der Waals surface area (Å²) in [5.74, 6) is 0. The number of rotatable bonds is 6. The number of carbonyl (C=O) groups is 1. The van der Waals surface area contributed by atoms with Gasteiger partial charge in [0.05, 0.1) is 24.7 Å². The van der Waals surface area contributed by atoms with E-state index in [2.05, 4.69) is 10.1 Å². The normalized spacial score (nSPS) is 11.4. The van der Waals surface area contributed by atoms with Crippen LogP contribution < -0.4 is 4.90 Å². The zero-order valence-corrected chi connectivity index (χ0v) is 14.1. The van der Waals surface area contributed by atoms with Crippen LogP contribution >= 0.6 is 11.6 Å². The molecular weight excluding hydrogens is 361 g/mol. The largest absolute Gasteiger partial charge is 0.449 e. The van der Waals surface area contributed by atoms with Gasteiger partial charge in [-0.1, -0.05) is 11.6 Å². The molecule has 2 rings (SSSR count). The number of alkyl halides is 3. The summed E-state index contributed by atoms with van der Waals surface area (Å²) >= 11 is 6.08. The third-order valence-electron chi connectivity index (χ3n) is 3.22. The predicted octanol–water partition coefficient (Wildman–Crippen LogP) is 4.23. The van der Waals surface area contributed by atoms with Crippen LogP contribution in [0.2, 0.25) is 5.15 Å². The number of carbonyl (C=O) groups excluding carboxylic acids is 1. The SMILES string of the molecule is CCN(C(=O)OCCCC(F)(F)F)c1cn(-c2cccnc2)nc1Cl. The average Bonchev–Trinajstić information content (AvgIpc) is 2.94. The summed E-state index contributed by atoms with van der Waals surface area (Å²) < 4.78 is 42.6.